The van der Waals surface area contributed by atoms with Crippen LogP contribution in [0.2, 0.25) is 0 Å². The normalized spacial score (nSPS) is 17.8. The molecular formula is C18H27N3O2S. The Kier molecular flexibility index (Phi) is 5.80. The first-order chi connectivity index (χ1) is 11.2. The fourth-order valence-electron chi connectivity index (χ4n) is 2.51. The molecule has 0 radical (unpaired) electrons. The van der Waals surface area contributed by atoms with E-state index >= 15 is 0 Å². The van der Waals surface area contributed by atoms with Crippen LogP contribution in [0.4, 0.5) is 5.69 Å². The first-order valence-corrected chi connectivity index (χ1v) is 9.37. The Bertz CT molecular complexity index is 639. The third kappa shape index (κ3) is 4.66. The lowest BCUT2D eigenvalue weighted by molar-refractivity contribution is -0.129. The predicted octanol–water partition coefficient (Wildman–Crippen LogP) is 2.63. The molecule has 6 heteroatoms. The second kappa shape index (κ2) is 7.47. The number of amides is 1. The van der Waals surface area contributed by atoms with Crippen molar-refractivity contribution in [3.05, 3.63) is 29.8 Å². The Morgan fingerprint density at radius 1 is 1.04 bits per heavy atom. The summed E-state index contributed by atoms with van der Waals surface area (Å²) in [6.07, 6.45) is 0. The van der Waals surface area contributed by atoms with Crippen molar-refractivity contribution in [1.82, 2.24) is 4.90 Å². The molecule has 132 valence electrons. The zero-order chi connectivity index (χ0) is 17.9. The van der Waals surface area contributed by atoms with E-state index in [0.717, 1.165) is 43.1 Å². The van der Waals surface area contributed by atoms with Crippen LogP contribution in [0.1, 0.15) is 40.2 Å². The van der Waals surface area contributed by atoms with Crippen molar-refractivity contribution >= 4 is 28.3 Å². The van der Waals surface area contributed by atoms with Crippen molar-refractivity contribution in [3.63, 3.8) is 0 Å². The number of carbonyl (C=O) groups is 1. The lowest BCUT2D eigenvalue weighted by atomic mass is 10.1. The Labute approximate surface area is 147 Å². The molecule has 1 unspecified atom stereocenters. The van der Waals surface area contributed by atoms with Crippen LogP contribution in [0.5, 0.6) is 0 Å². The molecule has 0 aromatic heterocycles. The minimum atomic E-state index is -1.25. The highest BCUT2D eigenvalue weighted by molar-refractivity contribution is 7.85. The average Bonchev–Trinajstić information content (AvgIpc) is 2.54. The van der Waals surface area contributed by atoms with Gasteiger partial charge in [0, 0.05) is 38.8 Å². The number of hydrogen-bond donors (Lipinski definition) is 0. The summed E-state index contributed by atoms with van der Waals surface area (Å²) in [6, 6.07) is 8.17. The van der Waals surface area contributed by atoms with E-state index in [2.05, 4.69) is 21.4 Å². The van der Waals surface area contributed by atoms with Crippen LogP contribution >= 0.6 is 0 Å². The smallest absolute Gasteiger partial charge is 0.219 e. The summed E-state index contributed by atoms with van der Waals surface area (Å²) in [5.41, 5.74) is 2.92. The van der Waals surface area contributed by atoms with Crippen LogP contribution in [0.3, 0.4) is 0 Å². The van der Waals surface area contributed by atoms with Gasteiger partial charge in [-0.3, -0.25) is 4.79 Å². The lowest BCUT2D eigenvalue weighted by Gasteiger charge is -2.35. The molecule has 1 heterocycles. The van der Waals surface area contributed by atoms with Crippen molar-refractivity contribution in [2.45, 2.75) is 39.4 Å². The molecule has 0 bridgehead atoms. The minimum absolute atomic E-state index is 0.142. The summed E-state index contributed by atoms with van der Waals surface area (Å²) >= 11 is 0. The highest BCUT2D eigenvalue weighted by Crippen LogP contribution is 2.19. The molecular weight excluding hydrogens is 322 g/mol. The molecule has 1 aromatic carbocycles. The van der Waals surface area contributed by atoms with Crippen LogP contribution in [-0.4, -0.2) is 51.7 Å². The van der Waals surface area contributed by atoms with Crippen LogP contribution in [0.25, 0.3) is 0 Å². The molecule has 24 heavy (non-hydrogen) atoms. The minimum Gasteiger partial charge on any atom is -0.368 e. The number of nitrogens with zero attached hydrogens (tertiary/aromatic N) is 3. The van der Waals surface area contributed by atoms with Gasteiger partial charge in [-0.1, -0.05) is 12.1 Å². The van der Waals surface area contributed by atoms with E-state index < -0.39 is 11.0 Å². The Morgan fingerprint density at radius 3 is 2.04 bits per heavy atom. The highest BCUT2D eigenvalue weighted by atomic mass is 32.2. The Hall–Kier alpha value is -1.69. The SMILES string of the molecule is CC(=O)N1CCN(c2ccc(/C(C)=N/S(=O)C(C)(C)C)cc2)CC1. The van der Waals surface area contributed by atoms with Gasteiger partial charge >= 0.3 is 0 Å². The molecule has 0 spiro atoms. The molecule has 1 saturated heterocycles. The van der Waals surface area contributed by atoms with Crippen molar-refractivity contribution in [2.24, 2.45) is 4.40 Å². The van der Waals surface area contributed by atoms with Gasteiger partial charge in [0.2, 0.25) is 5.91 Å². The quantitative estimate of drug-likeness (QED) is 0.788. The number of hydrogen-bond acceptors (Lipinski definition) is 3. The summed E-state index contributed by atoms with van der Waals surface area (Å²) in [5.74, 6) is 0.142. The molecule has 0 saturated carbocycles. The maximum atomic E-state index is 12.1. The molecule has 2 rings (SSSR count). The number of anilines is 1. The second-order valence-corrected chi connectivity index (χ2v) is 8.98. The van der Waals surface area contributed by atoms with E-state index in [1.165, 1.54) is 0 Å². The molecule has 0 N–H and O–H groups in total. The van der Waals surface area contributed by atoms with Crippen LogP contribution < -0.4 is 4.90 Å². The van der Waals surface area contributed by atoms with Gasteiger partial charge in [0.05, 0.1) is 10.5 Å². The van der Waals surface area contributed by atoms with E-state index in [4.69, 9.17) is 0 Å². The van der Waals surface area contributed by atoms with E-state index in [0.29, 0.717) is 0 Å². The molecule has 5 nitrogen and oxygen atoms in total. The average molecular weight is 350 g/mol. The number of benzene rings is 1. The fourth-order valence-corrected chi connectivity index (χ4v) is 3.14. The van der Waals surface area contributed by atoms with Crippen molar-refractivity contribution in [3.8, 4) is 0 Å². The van der Waals surface area contributed by atoms with Crippen LogP contribution in [0.15, 0.2) is 28.7 Å². The summed E-state index contributed by atoms with van der Waals surface area (Å²) in [4.78, 5) is 15.5. The van der Waals surface area contributed by atoms with Gasteiger partial charge in [0.25, 0.3) is 0 Å². The summed E-state index contributed by atoms with van der Waals surface area (Å²) in [6.45, 7) is 12.5. The van der Waals surface area contributed by atoms with Gasteiger partial charge in [0.15, 0.2) is 0 Å². The summed E-state index contributed by atoms with van der Waals surface area (Å²) < 4.78 is 16.1. The Balaban J connectivity index is 2.05. The molecule has 1 aliphatic heterocycles. The molecule has 1 aliphatic rings. The maximum absolute atomic E-state index is 12.1. The maximum Gasteiger partial charge on any atom is 0.219 e. The van der Waals surface area contributed by atoms with Crippen LogP contribution in [-0.2, 0) is 15.8 Å². The fraction of sp³-hybridized carbons (Fsp3) is 0.556. The first-order valence-electron chi connectivity index (χ1n) is 8.26. The largest absolute Gasteiger partial charge is 0.368 e. The topological polar surface area (TPSA) is 53.0 Å². The van der Waals surface area contributed by atoms with E-state index in [1.54, 1.807) is 6.92 Å². The monoisotopic (exact) mass is 349 g/mol. The summed E-state index contributed by atoms with van der Waals surface area (Å²) in [7, 11) is -1.25. The highest BCUT2D eigenvalue weighted by Gasteiger charge is 2.20. The number of piperazine rings is 1. The van der Waals surface area contributed by atoms with Gasteiger partial charge in [0.1, 0.15) is 11.0 Å². The first kappa shape index (κ1) is 18.6. The second-order valence-electron chi connectivity index (χ2n) is 7.08. The molecule has 1 aromatic rings. The third-order valence-corrected chi connectivity index (χ3v) is 5.61. The molecule has 0 aliphatic carbocycles. The third-order valence-electron chi connectivity index (χ3n) is 4.12. The van der Waals surface area contributed by atoms with Crippen molar-refractivity contribution < 1.29 is 9.00 Å². The van der Waals surface area contributed by atoms with Gasteiger partial charge in [-0.05, 0) is 45.4 Å². The summed E-state index contributed by atoms with van der Waals surface area (Å²) in [5, 5.41) is 0. The zero-order valence-corrected chi connectivity index (χ0v) is 16.0. The van der Waals surface area contributed by atoms with Gasteiger partial charge in [-0.15, -0.1) is 0 Å². The van der Waals surface area contributed by atoms with E-state index in [-0.39, 0.29) is 10.7 Å². The van der Waals surface area contributed by atoms with Gasteiger partial charge < -0.3 is 9.80 Å². The van der Waals surface area contributed by atoms with E-state index in [1.807, 2.05) is 44.7 Å². The van der Waals surface area contributed by atoms with Crippen LogP contribution in [0, 0.1) is 0 Å². The number of rotatable bonds is 3. The van der Waals surface area contributed by atoms with Crippen molar-refractivity contribution in [2.75, 3.05) is 31.1 Å². The zero-order valence-electron chi connectivity index (χ0n) is 15.2. The molecule has 1 fully saturated rings. The molecule has 1 atom stereocenters. The standard InChI is InChI=1S/C18H27N3O2S/c1-14(19-24(23)18(3,4)5)16-6-8-17(9-7-16)21-12-10-20(11-13-21)15(2)22/h6-9H,10-13H2,1-5H3/b19-14+. The van der Waals surface area contributed by atoms with E-state index in [9.17, 15) is 9.00 Å². The van der Waals surface area contributed by atoms with Crippen molar-refractivity contribution in [1.29, 1.82) is 0 Å². The Morgan fingerprint density at radius 2 is 1.58 bits per heavy atom. The predicted molar refractivity (Wildman–Crippen MR) is 101 cm³/mol. The van der Waals surface area contributed by atoms with Gasteiger partial charge in [-0.25, -0.2) is 4.21 Å². The lowest BCUT2D eigenvalue weighted by Crippen LogP contribution is -2.48. The molecule has 1 amide bonds. The number of carbonyl (C=O) groups excluding carboxylic acids is 1. The van der Waals surface area contributed by atoms with Gasteiger partial charge in [-0.2, -0.15) is 4.40 Å².